The zero-order chi connectivity index (χ0) is 10.7. The molecule has 1 unspecified atom stereocenters. The van der Waals surface area contributed by atoms with Gasteiger partial charge in [0.2, 0.25) is 0 Å². The molecule has 0 aromatic carbocycles. The summed E-state index contributed by atoms with van der Waals surface area (Å²) in [5.74, 6) is -2.64. The third-order valence-corrected chi connectivity index (χ3v) is 0.963. The van der Waals surface area contributed by atoms with Gasteiger partial charge in [-0.3, -0.25) is 4.79 Å². The summed E-state index contributed by atoms with van der Waals surface area (Å²) in [6.07, 6.45) is 0. The molecule has 5 nitrogen and oxygen atoms in total. The summed E-state index contributed by atoms with van der Waals surface area (Å²) in [5, 5.41) is 26.3. The van der Waals surface area contributed by atoms with Crippen LogP contribution in [0.5, 0.6) is 0 Å². The second-order valence-corrected chi connectivity index (χ2v) is 1.65. The number of Topliss-reactive ketones (excluding diaryl/α,β-unsaturated/α-hetero) is 1. The Balaban J connectivity index is -0.0000000712. The van der Waals surface area contributed by atoms with E-state index in [0.29, 0.717) is 0 Å². The van der Waals surface area contributed by atoms with Crippen molar-refractivity contribution in [2.75, 3.05) is 14.2 Å². The largest absolute Gasteiger partial charge is 3.00 e. The summed E-state index contributed by atoms with van der Waals surface area (Å²) < 4.78 is 0. The minimum Gasteiger partial charge on any atom is -0.857 e. The van der Waals surface area contributed by atoms with E-state index in [1.54, 1.807) is 0 Å². The Hall–Kier alpha value is -0.408. The standard InChI is InChI=1S/C5H8O3.2CH3O.Al/c1-3(4(2)6)5(7)8;2*1-2;/h3H,1-2H3,(H,7,8);2*1H3;/q;2*-1;+3/p-1. The zero-order valence-electron chi connectivity index (χ0n) is 8.20. The maximum Gasteiger partial charge on any atom is 3.00 e. The number of aliphatic carboxylic acids is 1. The first kappa shape index (κ1) is 22.9. The minimum atomic E-state index is -1.31. The fourth-order valence-electron chi connectivity index (χ4n) is 0.166. The fraction of sp³-hybridized carbons (Fsp3) is 0.714. The van der Waals surface area contributed by atoms with Gasteiger partial charge in [0, 0.05) is 0 Å². The second-order valence-electron chi connectivity index (χ2n) is 1.65. The van der Waals surface area contributed by atoms with Crippen LogP contribution in [-0.2, 0) is 9.59 Å². The van der Waals surface area contributed by atoms with E-state index in [1.807, 2.05) is 0 Å². The molecule has 0 radical (unpaired) electrons. The van der Waals surface area contributed by atoms with Crippen molar-refractivity contribution in [2.24, 2.45) is 5.92 Å². The van der Waals surface area contributed by atoms with Crippen molar-refractivity contribution in [1.29, 1.82) is 0 Å². The molecule has 0 aliphatic rings. The molecule has 0 fully saturated rings. The van der Waals surface area contributed by atoms with Gasteiger partial charge < -0.3 is 20.1 Å². The molecule has 0 saturated carbocycles. The molecule has 0 spiro atoms. The van der Waals surface area contributed by atoms with Crippen LogP contribution < -0.4 is 15.3 Å². The Bertz CT molecular complexity index is 112. The van der Waals surface area contributed by atoms with Crippen molar-refractivity contribution in [1.82, 2.24) is 0 Å². The van der Waals surface area contributed by atoms with Crippen LogP contribution in [0, 0.1) is 5.92 Å². The molecule has 6 heteroatoms. The van der Waals surface area contributed by atoms with Crippen LogP contribution in [0.25, 0.3) is 0 Å². The van der Waals surface area contributed by atoms with E-state index in [9.17, 15) is 14.7 Å². The zero-order valence-corrected chi connectivity index (χ0v) is 9.35. The molecule has 13 heavy (non-hydrogen) atoms. The third-order valence-electron chi connectivity index (χ3n) is 0.963. The number of rotatable bonds is 2. The van der Waals surface area contributed by atoms with E-state index in [2.05, 4.69) is 0 Å². The Labute approximate surface area is 88.5 Å². The van der Waals surface area contributed by atoms with Crippen molar-refractivity contribution >= 4 is 29.1 Å². The van der Waals surface area contributed by atoms with E-state index in [1.165, 1.54) is 13.8 Å². The van der Waals surface area contributed by atoms with E-state index in [-0.39, 0.29) is 23.1 Å². The molecule has 0 saturated heterocycles. The molecular weight excluding hydrogens is 191 g/mol. The van der Waals surface area contributed by atoms with Crippen LogP contribution in [0.4, 0.5) is 0 Å². The number of carboxylic acid groups (broad SMARTS) is 1. The first-order valence-corrected chi connectivity index (χ1v) is 3.08. The molecule has 0 rings (SSSR count). The summed E-state index contributed by atoms with van der Waals surface area (Å²) in [4.78, 5) is 20.0. The first-order chi connectivity index (χ1) is 5.55. The van der Waals surface area contributed by atoms with Gasteiger partial charge in [-0.2, -0.15) is 14.2 Å². The van der Waals surface area contributed by atoms with Crippen LogP contribution in [-0.4, -0.2) is 43.3 Å². The van der Waals surface area contributed by atoms with E-state index >= 15 is 0 Å². The SMILES string of the molecule is CC(=O)C(C)C(=O)[O-].C[O-].C[O-].[Al+3]. The molecule has 74 valence electrons. The molecule has 0 bridgehead atoms. The molecule has 0 aliphatic heterocycles. The maximum atomic E-state index is 10.2. The van der Waals surface area contributed by atoms with Gasteiger partial charge in [0.05, 0.1) is 11.9 Å². The molecule has 1 atom stereocenters. The predicted octanol–water partition coefficient (Wildman–Crippen LogP) is -3.47. The fourth-order valence-corrected chi connectivity index (χ4v) is 0.166. The number of ketones is 1. The molecule has 0 aromatic rings. The quantitative estimate of drug-likeness (QED) is 0.343. The van der Waals surface area contributed by atoms with Crippen molar-refractivity contribution in [2.45, 2.75) is 13.8 Å². The molecular formula is C7H13AlO5. The molecule has 0 aromatic heterocycles. The monoisotopic (exact) mass is 204 g/mol. The second kappa shape index (κ2) is 17.6. The van der Waals surface area contributed by atoms with E-state index in [4.69, 9.17) is 10.2 Å². The van der Waals surface area contributed by atoms with Crippen LogP contribution in [0.3, 0.4) is 0 Å². The third kappa shape index (κ3) is 18.5. The topological polar surface area (TPSA) is 103 Å². The van der Waals surface area contributed by atoms with Gasteiger partial charge in [-0.15, -0.1) is 0 Å². The van der Waals surface area contributed by atoms with E-state index < -0.39 is 11.9 Å². The smallest absolute Gasteiger partial charge is 0.857 e. The van der Waals surface area contributed by atoms with Crippen molar-refractivity contribution < 1.29 is 24.9 Å². The Morgan fingerprint density at radius 1 is 1.08 bits per heavy atom. The number of carbonyl (C=O) groups excluding carboxylic acids is 2. The summed E-state index contributed by atoms with van der Waals surface area (Å²) >= 11 is 0. The average Bonchev–Trinajstić information content (AvgIpc) is 2.10. The van der Waals surface area contributed by atoms with Gasteiger partial charge in [0.1, 0.15) is 5.78 Å². The summed E-state index contributed by atoms with van der Waals surface area (Å²) in [7, 11) is 1.50. The summed E-state index contributed by atoms with van der Waals surface area (Å²) in [6, 6.07) is 0. The van der Waals surface area contributed by atoms with Gasteiger partial charge >= 0.3 is 17.4 Å². The molecule has 0 heterocycles. The first-order valence-electron chi connectivity index (χ1n) is 3.08. The van der Waals surface area contributed by atoms with E-state index in [0.717, 1.165) is 14.2 Å². The minimum absolute atomic E-state index is 0. The molecule has 0 aliphatic carbocycles. The number of carboxylic acids is 1. The number of hydrogen-bond acceptors (Lipinski definition) is 5. The van der Waals surface area contributed by atoms with Crippen LogP contribution >= 0.6 is 0 Å². The van der Waals surface area contributed by atoms with Crippen molar-refractivity contribution in [3.8, 4) is 0 Å². The van der Waals surface area contributed by atoms with Gasteiger partial charge in [-0.05, 0) is 6.92 Å². The maximum absolute atomic E-state index is 10.2. The van der Waals surface area contributed by atoms with Crippen molar-refractivity contribution in [3.05, 3.63) is 0 Å². The van der Waals surface area contributed by atoms with Crippen molar-refractivity contribution in [3.63, 3.8) is 0 Å². The van der Waals surface area contributed by atoms with Gasteiger partial charge in [0.25, 0.3) is 0 Å². The Morgan fingerprint density at radius 3 is 1.31 bits per heavy atom. The summed E-state index contributed by atoms with van der Waals surface area (Å²) in [5.41, 5.74) is 0. The van der Waals surface area contributed by atoms with Gasteiger partial charge in [-0.25, -0.2) is 0 Å². The molecule has 0 N–H and O–H groups in total. The normalized spacial score (nSPS) is 8.77. The predicted molar refractivity (Wildman–Crippen MR) is 42.5 cm³/mol. The number of carbonyl (C=O) groups is 2. The van der Waals surface area contributed by atoms with Gasteiger partial charge in [-0.1, -0.05) is 6.92 Å². The summed E-state index contributed by atoms with van der Waals surface area (Å²) in [6.45, 7) is 2.53. The van der Waals surface area contributed by atoms with Crippen LogP contribution in [0.1, 0.15) is 13.8 Å². The van der Waals surface area contributed by atoms with Crippen LogP contribution in [0.2, 0.25) is 0 Å². The average molecular weight is 204 g/mol. The molecule has 0 amide bonds. The number of hydrogen-bond donors (Lipinski definition) is 0. The van der Waals surface area contributed by atoms with Gasteiger partial charge in [0.15, 0.2) is 0 Å². The Morgan fingerprint density at radius 2 is 1.31 bits per heavy atom. The Kier molecular flexibility index (Phi) is 31.1. The van der Waals surface area contributed by atoms with Crippen LogP contribution in [0.15, 0.2) is 0 Å².